The third-order valence-electron chi connectivity index (χ3n) is 2.76. The van der Waals surface area contributed by atoms with Crippen LogP contribution in [-0.2, 0) is 0 Å². The molecule has 0 saturated carbocycles. The highest BCUT2D eigenvalue weighted by atomic mass is 16.6. The molecule has 2 aromatic carbocycles. The van der Waals surface area contributed by atoms with Crippen LogP contribution in [0.3, 0.4) is 0 Å². The van der Waals surface area contributed by atoms with E-state index in [1.165, 1.54) is 24.3 Å². The van der Waals surface area contributed by atoms with Gasteiger partial charge in [0.05, 0.1) is 15.9 Å². The number of carbonyl (C=O) groups excluding carboxylic acids is 1. The van der Waals surface area contributed by atoms with Gasteiger partial charge in [-0.25, -0.2) is 0 Å². The number of nitro benzene ring substituents is 2. The molecule has 2 rings (SSSR count). The van der Waals surface area contributed by atoms with Crippen molar-refractivity contribution in [1.29, 1.82) is 0 Å². The van der Waals surface area contributed by atoms with E-state index in [4.69, 9.17) is 5.11 Å². The van der Waals surface area contributed by atoms with E-state index in [1.54, 1.807) is 0 Å². The van der Waals surface area contributed by atoms with Gasteiger partial charge in [0, 0.05) is 11.8 Å². The van der Waals surface area contributed by atoms with Crippen LogP contribution < -0.4 is 5.32 Å². The van der Waals surface area contributed by atoms with Crippen molar-refractivity contribution in [3.05, 3.63) is 68.3 Å². The van der Waals surface area contributed by atoms with E-state index in [2.05, 4.69) is 5.32 Å². The number of amides is 1. The summed E-state index contributed by atoms with van der Waals surface area (Å²) >= 11 is 0. The van der Waals surface area contributed by atoms with Gasteiger partial charge >= 0.3 is 0 Å². The third kappa shape index (κ3) is 3.15. The molecule has 0 saturated heterocycles. The van der Waals surface area contributed by atoms with Gasteiger partial charge in [-0.1, -0.05) is 0 Å². The lowest BCUT2D eigenvalue weighted by Crippen LogP contribution is -2.14. The van der Waals surface area contributed by atoms with Crippen molar-refractivity contribution < 1.29 is 19.7 Å². The molecule has 0 aliphatic rings. The summed E-state index contributed by atoms with van der Waals surface area (Å²) in [6, 6.07) is 8.24. The van der Waals surface area contributed by atoms with Gasteiger partial charge in [0.2, 0.25) is 0 Å². The highest BCUT2D eigenvalue weighted by Gasteiger charge is 2.24. The summed E-state index contributed by atoms with van der Waals surface area (Å²) in [5, 5.41) is 33.2. The Balaban J connectivity index is 2.34. The van der Waals surface area contributed by atoms with Gasteiger partial charge in [0.1, 0.15) is 11.3 Å². The summed E-state index contributed by atoms with van der Waals surface area (Å²) in [6.07, 6.45) is 0. The van der Waals surface area contributed by atoms with E-state index >= 15 is 0 Å². The molecule has 112 valence electrons. The lowest BCUT2D eigenvalue weighted by atomic mass is 10.1. The normalized spacial score (nSPS) is 10.0. The molecule has 1 amide bonds. The number of nitro groups is 2. The molecule has 0 aliphatic carbocycles. The first-order valence-electron chi connectivity index (χ1n) is 5.91. The Hall–Kier alpha value is -3.49. The van der Waals surface area contributed by atoms with E-state index in [1.807, 2.05) is 0 Å². The Morgan fingerprint density at radius 1 is 1.00 bits per heavy atom. The number of nitrogens with one attached hydrogen (secondary N) is 1. The fourth-order valence-corrected chi connectivity index (χ4v) is 1.72. The Morgan fingerprint density at radius 3 is 2.18 bits per heavy atom. The number of phenolic OH excluding ortho intramolecular Hbond substituents is 1. The number of anilines is 1. The molecule has 0 atom stereocenters. The van der Waals surface area contributed by atoms with Crippen molar-refractivity contribution >= 4 is 23.0 Å². The summed E-state index contributed by atoms with van der Waals surface area (Å²) in [4.78, 5) is 32.0. The van der Waals surface area contributed by atoms with Crippen LogP contribution in [0.4, 0.5) is 17.1 Å². The maximum absolute atomic E-state index is 12.1. The second-order valence-corrected chi connectivity index (χ2v) is 4.22. The number of carbonyl (C=O) groups is 1. The maximum atomic E-state index is 12.1. The van der Waals surface area contributed by atoms with Crippen LogP contribution in [0.25, 0.3) is 0 Å². The fourth-order valence-electron chi connectivity index (χ4n) is 1.72. The monoisotopic (exact) mass is 303 g/mol. The molecular weight excluding hydrogens is 294 g/mol. The van der Waals surface area contributed by atoms with Crippen LogP contribution in [0.2, 0.25) is 0 Å². The van der Waals surface area contributed by atoms with E-state index < -0.39 is 27.1 Å². The molecule has 0 bridgehead atoms. The predicted molar refractivity (Wildman–Crippen MR) is 75.8 cm³/mol. The summed E-state index contributed by atoms with van der Waals surface area (Å²) in [5.74, 6) is -0.786. The minimum Gasteiger partial charge on any atom is -0.508 e. The van der Waals surface area contributed by atoms with Gasteiger partial charge in [-0.15, -0.1) is 0 Å². The van der Waals surface area contributed by atoms with Crippen LogP contribution in [0, 0.1) is 20.2 Å². The SMILES string of the molecule is O=C(Nc1ccc(O)cc1)c1ccc([N+](=O)[O-])cc1[N+](=O)[O-]. The zero-order chi connectivity index (χ0) is 16.3. The lowest BCUT2D eigenvalue weighted by Gasteiger charge is -2.06. The molecule has 0 unspecified atom stereocenters. The van der Waals surface area contributed by atoms with Crippen LogP contribution in [0.1, 0.15) is 10.4 Å². The molecule has 0 radical (unpaired) electrons. The molecule has 0 spiro atoms. The van der Waals surface area contributed by atoms with Crippen molar-refractivity contribution in [1.82, 2.24) is 0 Å². The summed E-state index contributed by atoms with van der Waals surface area (Å²) in [7, 11) is 0. The van der Waals surface area contributed by atoms with Crippen LogP contribution >= 0.6 is 0 Å². The molecule has 0 fully saturated rings. The Morgan fingerprint density at radius 2 is 1.64 bits per heavy atom. The second kappa shape index (κ2) is 5.87. The van der Waals surface area contributed by atoms with Gasteiger partial charge in [0.25, 0.3) is 17.3 Å². The lowest BCUT2D eigenvalue weighted by molar-refractivity contribution is -0.394. The smallest absolute Gasteiger partial charge is 0.289 e. The molecule has 2 N–H and O–H groups in total. The van der Waals surface area contributed by atoms with Crippen molar-refractivity contribution in [3.8, 4) is 5.75 Å². The standard InChI is InChI=1S/C13H9N3O6/c17-10-4-1-8(2-5-10)14-13(18)11-6-3-9(15(19)20)7-12(11)16(21)22/h1-7,17H,(H,14,18). The van der Waals surface area contributed by atoms with Crippen LogP contribution in [0.5, 0.6) is 5.75 Å². The number of hydrogen-bond acceptors (Lipinski definition) is 6. The van der Waals surface area contributed by atoms with Gasteiger partial charge < -0.3 is 10.4 Å². The second-order valence-electron chi connectivity index (χ2n) is 4.22. The Labute approximate surface area is 123 Å². The first kappa shape index (κ1) is 14.9. The topological polar surface area (TPSA) is 136 Å². The van der Waals surface area contributed by atoms with Gasteiger partial charge in [-0.3, -0.25) is 25.0 Å². The van der Waals surface area contributed by atoms with Crippen LogP contribution in [-0.4, -0.2) is 20.9 Å². The molecule has 0 aromatic heterocycles. The predicted octanol–water partition coefficient (Wildman–Crippen LogP) is 2.46. The molecule has 2 aromatic rings. The number of benzene rings is 2. The first-order chi connectivity index (χ1) is 10.4. The molecule has 0 aliphatic heterocycles. The number of aromatic hydroxyl groups is 1. The summed E-state index contributed by atoms with van der Waals surface area (Å²) < 4.78 is 0. The quantitative estimate of drug-likeness (QED) is 0.506. The average Bonchev–Trinajstić information content (AvgIpc) is 2.48. The van der Waals surface area contributed by atoms with Crippen molar-refractivity contribution in [2.45, 2.75) is 0 Å². The number of rotatable bonds is 4. The Bertz CT molecular complexity index is 757. The van der Waals surface area contributed by atoms with E-state index in [9.17, 15) is 25.0 Å². The van der Waals surface area contributed by atoms with Gasteiger partial charge in [-0.2, -0.15) is 0 Å². The Kier molecular flexibility index (Phi) is 3.98. The molecule has 9 nitrogen and oxygen atoms in total. The highest BCUT2D eigenvalue weighted by molar-refractivity contribution is 6.07. The number of phenols is 1. The fraction of sp³-hybridized carbons (Fsp3) is 0. The summed E-state index contributed by atoms with van der Waals surface area (Å²) in [6.45, 7) is 0. The number of hydrogen-bond donors (Lipinski definition) is 2. The minimum absolute atomic E-state index is 0.000634. The van der Waals surface area contributed by atoms with Gasteiger partial charge in [0.15, 0.2) is 0 Å². The molecular formula is C13H9N3O6. The maximum Gasteiger partial charge on any atom is 0.289 e. The highest BCUT2D eigenvalue weighted by Crippen LogP contribution is 2.25. The van der Waals surface area contributed by atoms with Crippen LogP contribution in [0.15, 0.2) is 42.5 Å². The molecule has 0 heterocycles. The third-order valence-corrected chi connectivity index (χ3v) is 2.76. The largest absolute Gasteiger partial charge is 0.508 e. The number of non-ortho nitro benzene ring substituents is 1. The van der Waals surface area contributed by atoms with Crippen molar-refractivity contribution in [2.24, 2.45) is 0 Å². The summed E-state index contributed by atoms with van der Waals surface area (Å²) in [5.41, 5.74) is -1.13. The number of nitrogens with zero attached hydrogens (tertiary/aromatic N) is 2. The average molecular weight is 303 g/mol. The molecule has 9 heteroatoms. The van der Waals surface area contributed by atoms with Crippen molar-refractivity contribution in [3.63, 3.8) is 0 Å². The zero-order valence-electron chi connectivity index (χ0n) is 10.9. The first-order valence-corrected chi connectivity index (χ1v) is 5.91. The molecule has 22 heavy (non-hydrogen) atoms. The van der Waals surface area contributed by atoms with E-state index in [-0.39, 0.29) is 11.3 Å². The zero-order valence-corrected chi connectivity index (χ0v) is 10.9. The minimum atomic E-state index is -0.862. The van der Waals surface area contributed by atoms with E-state index in [0.29, 0.717) is 5.69 Å². The van der Waals surface area contributed by atoms with E-state index in [0.717, 1.165) is 18.2 Å². The van der Waals surface area contributed by atoms with Crippen molar-refractivity contribution in [2.75, 3.05) is 5.32 Å². The van der Waals surface area contributed by atoms with Gasteiger partial charge in [-0.05, 0) is 30.3 Å².